The third kappa shape index (κ3) is 1.48. The number of benzene rings is 1. The first kappa shape index (κ1) is 9.46. The van der Waals surface area contributed by atoms with E-state index in [1.54, 1.807) is 0 Å². The molecule has 1 aliphatic rings. The zero-order chi connectivity index (χ0) is 11.0. The molecule has 2 aromatic rings. The quantitative estimate of drug-likeness (QED) is 0.771. The van der Waals surface area contributed by atoms with Crippen LogP contribution in [0.3, 0.4) is 0 Å². The maximum absolute atomic E-state index is 5.34. The van der Waals surface area contributed by atoms with Crippen molar-refractivity contribution in [3.05, 3.63) is 30.0 Å². The van der Waals surface area contributed by atoms with Crippen LogP contribution in [0, 0.1) is 0 Å². The molecule has 3 rings (SSSR count). The first-order valence-electron chi connectivity index (χ1n) is 5.56. The highest BCUT2D eigenvalue weighted by Crippen LogP contribution is 2.35. The molecule has 16 heavy (non-hydrogen) atoms. The summed E-state index contributed by atoms with van der Waals surface area (Å²) in [7, 11) is 0. The van der Waals surface area contributed by atoms with E-state index in [0.29, 0.717) is 6.79 Å². The zero-order valence-electron chi connectivity index (χ0n) is 9.19. The van der Waals surface area contributed by atoms with Gasteiger partial charge in [-0.2, -0.15) is 0 Å². The van der Waals surface area contributed by atoms with Crippen LogP contribution < -0.4 is 9.47 Å². The third-order valence-electron chi connectivity index (χ3n) is 2.75. The van der Waals surface area contributed by atoms with Gasteiger partial charge >= 0.3 is 0 Å². The fraction of sp³-hybridized carbons (Fsp3) is 0.308. The number of pyridine rings is 1. The molecule has 82 valence electrons. The average Bonchev–Trinajstić information content (AvgIpc) is 2.73. The van der Waals surface area contributed by atoms with Crippen LogP contribution in [0.1, 0.15) is 19.0 Å². The maximum Gasteiger partial charge on any atom is 0.231 e. The van der Waals surface area contributed by atoms with Crippen molar-refractivity contribution < 1.29 is 9.47 Å². The highest BCUT2D eigenvalue weighted by Gasteiger charge is 2.14. The van der Waals surface area contributed by atoms with Crippen LogP contribution in [-0.4, -0.2) is 11.8 Å². The summed E-state index contributed by atoms with van der Waals surface area (Å²) < 4.78 is 10.7. The summed E-state index contributed by atoms with van der Waals surface area (Å²) in [6, 6.07) is 8.11. The largest absolute Gasteiger partial charge is 0.454 e. The summed E-state index contributed by atoms with van der Waals surface area (Å²) in [5, 5.41) is 1.10. The van der Waals surface area contributed by atoms with E-state index in [2.05, 4.69) is 24.0 Å². The van der Waals surface area contributed by atoms with Crippen molar-refractivity contribution >= 4 is 10.9 Å². The minimum atomic E-state index is 0.313. The second-order valence-electron chi connectivity index (χ2n) is 3.95. The molecule has 0 fully saturated rings. The van der Waals surface area contributed by atoms with Gasteiger partial charge in [-0.05, 0) is 18.6 Å². The minimum absolute atomic E-state index is 0.313. The molecule has 3 heteroatoms. The van der Waals surface area contributed by atoms with Gasteiger partial charge in [0.1, 0.15) is 0 Å². The lowest BCUT2D eigenvalue weighted by Gasteiger charge is -2.03. The van der Waals surface area contributed by atoms with Gasteiger partial charge in [0, 0.05) is 17.1 Å². The van der Waals surface area contributed by atoms with Crippen LogP contribution in [-0.2, 0) is 6.42 Å². The van der Waals surface area contributed by atoms with Crippen molar-refractivity contribution in [2.24, 2.45) is 0 Å². The van der Waals surface area contributed by atoms with E-state index in [4.69, 9.17) is 9.47 Å². The Hall–Kier alpha value is -1.77. The summed E-state index contributed by atoms with van der Waals surface area (Å²) in [4.78, 5) is 4.61. The van der Waals surface area contributed by atoms with E-state index in [9.17, 15) is 0 Å². The third-order valence-corrected chi connectivity index (χ3v) is 2.75. The summed E-state index contributed by atoms with van der Waals surface area (Å²) >= 11 is 0. The Labute approximate surface area is 94.0 Å². The van der Waals surface area contributed by atoms with Crippen LogP contribution in [0.5, 0.6) is 11.5 Å². The smallest absolute Gasteiger partial charge is 0.231 e. The Kier molecular flexibility index (Phi) is 2.17. The van der Waals surface area contributed by atoms with Crippen LogP contribution >= 0.6 is 0 Å². The Morgan fingerprint density at radius 2 is 2.00 bits per heavy atom. The predicted molar refractivity (Wildman–Crippen MR) is 61.9 cm³/mol. The molecule has 3 nitrogen and oxygen atoms in total. The number of aryl methyl sites for hydroxylation is 1. The van der Waals surface area contributed by atoms with Gasteiger partial charge in [0.25, 0.3) is 0 Å². The Balaban J connectivity index is 2.13. The van der Waals surface area contributed by atoms with Gasteiger partial charge in [-0.1, -0.05) is 19.4 Å². The topological polar surface area (TPSA) is 31.4 Å². The fourth-order valence-corrected chi connectivity index (χ4v) is 1.95. The van der Waals surface area contributed by atoms with Gasteiger partial charge in [0.2, 0.25) is 6.79 Å². The van der Waals surface area contributed by atoms with Gasteiger partial charge in [-0.3, -0.25) is 4.98 Å². The molecular weight excluding hydrogens is 202 g/mol. The van der Waals surface area contributed by atoms with Crippen LogP contribution in [0.15, 0.2) is 24.3 Å². The standard InChI is InChI=1S/C13H13NO2/c1-2-3-10-5-4-9-6-12-13(16-8-15-12)7-11(9)14-10/h4-7H,2-3,8H2,1H3. The van der Waals surface area contributed by atoms with Crippen LogP contribution in [0.2, 0.25) is 0 Å². The SMILES string of the molecule is CCCc1ccc2cc3c(cc2n1)OCO3. The molecule has 0 aliphatic carbocycles. The van der Waals surface area contributed by atoms with Gasteiger partial charge in [-0.25, -0.2) is 0 Å². The highest BCUT2D eigenvalue weighted by atomic mass is 16.7. The summed E-state index contributed by atoms with van der Waals surface area (Å²) in [5.41, 5.74) is 2.11. The summed E-state index contributed by atoms with van der Waals surface area (Å²) in [6.07, 6.45) is 2.13. The second kappa shape index (κ2) is 3.67. The molecule has 0 saturated heterocycles. The van der Waals surface area contributed by atoms with Gasteiger partial charge in [-0.15, -0.1) is 0 Å². The van der Waals surface area contributed by atoms with Crippen molar-refractivity contribution in [3.8, 4) is 11.5 Å². The van der Waals surface area contributed by atoms with Gasteiger partial charge < -0.3 is 9.47 Å². The van der Waals surface area contributed by atoms with E-state index in [-0.39, 0.29) is 0 Å². The van der Waals surface area contributed by atoms with E-state index in [1.165, 1.54) is 0 Å². The lowest BCUT2D eigenvalue weighted by Crippen LogP contribution is -1.92. The monoisotopic (exact) mass is 215 g/mol. The molecule has 2 heterocycles. The van der Waals surface area contributed by atoms with Crippen molar-refractivity contribution in [3.63, 3.8) is 0 Å². The molecule has 0 atom stereocenters. The van der Waals surface area contributed by atoms with E-state index in [1.807, 2.05) is 12.1 Å². The van der Waals surface area contributed by atoms with E-state index >= 15 is 0 Å². The molecule has 0 N–H and O–H groups in total. The summed E-state index contributed by atoms with van der Waals surface area (Å²) in [5.74, 6) is 1.62. The average molecular weight is 215 g/mol. The lowest BCUT2D eigenvalue weighted by atomic mass is 10.1. The number of ether oxygens (including phenoxy) is 2. The molecule has 1 aromatic heterocycles. The molecule has 0 saturated carbocycles. The summed E-state index contributed by atoms with van der Waals surface area (Å²) in [6.45, 7) is 2.47. The lowest BCUT2D eigenvalue weighted by molar-refractivity contribution is 0.174. The Morgan fingerprint density at radius 1 is 1.19 bits per heavy atom. The van der Waals surface area contributed by atoms with Crippen molar-refractivity contribution in [2.45, 2.75) is 19.8 Å². The van der Waals surface area contributed by atoms with E-state index < -0.39 is 0 Å². The first-order chi connectivity index (χ1) is 7.86. The number of rotatable bonds is 2. The number of hydrogen-bond donors (Lipinski definition) is 0. The molecule has 1 aliphatic heterocycles. The van der Waals surface area contributed by atoms with Crippen LogP contribution in [0.4, 0.5) is 0 Å². The molecule has 0 amide bonds. The number of aromatic nitrogens is 1. The second-order valence-corrected chi connectivity index (χ2v) is 3.95. The Morgan fingerprint density at radius 3 is 2.81 bits per heavy atom. The van der Waals surface area contributed by atoms with Gasteiger partial charge in [0.05, 0.1) is 5.52 Å². The van der Waals surface area contributed by atoms with Gasteiger partial charge in [0.15, 0.2) is 11.5 Å². The molecule has 0 bridgehead atoms. The van der Waals surface area contributed by atoms with E-state index in [0.717, 1.165) is 40.9 Å². The highest BCUT2D eigenvalue weighted by molar-refractivity contribution is 5.83. The van der Waals surface area contributed by atoms with Crippen molar-refractivity contribution in [1.82, 2.24) is 4.98 Å². The fourth-order valence-electron chi connectivity index (χ4n) is 1.95. The molecule has 0 unspecified atom stereocenters. The van der Waals surface area contributed by atoms with Crippen LogP contribution in [0.25, 0.3) is 10.9 Å². The zero-order valence-corrected chi connectivity index (χ0v) is 9.19. The number of hydrogen-bond acceptors (Lipinski definition) is 3. The maximum atomic E-state index is 5.34. The normalized spacial score (nSPS) is 13.3. The molecule has 1 aromatic carbocycles. The molecular formula is C13H13NO2. The number of fused-ring (bicyclic) bond motifs is 2. The Bertz CT molecular complexity index is 537. The van der Waals surface area contributed by atoms with Crippen molar-refractivity contribution in [2.75, 3.05) is 6.79 Å². The van der Waals surface area contributed by atoms with Crippen molar-refractivity contribution in [1.29, 1.82) is 0 Å². The predicted octanol–water partition coefficient (Wildman–Crippen LogP) is 2.92. The minimum Gasteiger partial charge on any atom is -0.454 e. The number of nitrogens with zero attached hydrogens (tertiary/aromatic N) is 1. The molecule has 0 radical (unpaired) electrons. The first-order valence-corrected chi connectivity index (χ1v) is 5.56. The molecule has 0 spiro atoms.